The van der Waals surface area contributed by atoms with Crippen molar-refractivity contribution in [2.24, 2.45) is 11.7 Å². The fourth-order valence-corrected chi connectivity index (χ4v) is 4.62. The lowest BCUT2D eigenvalue weighted by molar-refractivity contribution is -0.0547. The van der Waals surface area contributed by atoms with Gasteiger partial charge in [-0.05, 0) is 45.1 Å². The smallest absolute Gasteiger partial charge is 0.0335 e. The summed E-state index contributed by atoms with van der Waals surface area (Å²) < 4.78 is 0. The zero-order valence-corrected chi connectivity index (χ0v) is 14.8. The summed E-state index contributed by atoms with van der Waals surface area (Å²) in [6.07, 6.45) is 7.90. The fraction of sp³-hybridized carbons (Fsp3) is 1.00. The summed E-state index contributed by atoms with van der Waals surface area (Å²) in [5.41, 5.74) is 6.55. The standard InChI is InChI=1S/C18H37N3/c1-5-15(3)11-18(6-2,14-19)21-13-17-9-7-8-10-20(17)12-16(21)4/h15-17H,5-14,19H2,1-4H3. The zero-order valence-electron chi connectivity index (χ0n) is 14.8. The molecule has 0 aliphatic carbocycles. The Labute approximate surface area is 132 Å². The average molecular weight is 296 g/mol. The summed E-state index contributed by atoms with van der Waals surface area (Å²) in [5, 5.41) is 0. The van der Waals surface area contributed by atoms with Crippen LogP contribution in [0.4, 0.5) is 0 Å². The summed E-state index contributed by atoms with van der Waals surface area (Å²) in [4.78, 5) is 5.54. The molecule has 4 atom stereocenters. The summed E-state index contributed by atoms with van der Waals surface area (Å²) in [6, 6.07) is 1.43. The van der Waals surface area contributed by atoms with Crippen molar-refractivity contribution in [2.75, 3.05) is 26.2 Å². The second kappa shape index (κ2) is 7.43. The van der Waals surface area contributed by atoms with Gasteiger partial charge >= 0.3 is 0 Å². The number of hydrogen-bond acceptors (Lipinski definition) is 3. The van der Waals surface area contributed by atoms with Crippen LogP contribution in [0, 0.1) is 5.92 Å². The molecule has 2 saturated heterocycles. The van der Waals surface area contributed by atoms with Crippen molar-refractivity contribution in [1.29, 1.82) is 0 Å². The van der Waals surface area contributed by atoms with Crippen LogP contribution in [0.15, 0.2) is 0 Å². The summed E-state index contributed by atoms with van der Waals surface area (Å²) in [7, 11) is 0. The third-order valence-electron chi connectivity index (χ3n) is 6.26. The molecular formula is C18H37N3. The highest BCUT2D eigenvalue weighted by atomic mass is 15.3. The monoisotopic (exact) mass is 295 g/mol. The van der Waals surface area contributed by atoms with Crippen molar-refractivity contribution in [1.82, 2.24) is 9.80 Å². The lowest BCUT2D eigenvalue weighted by Crippen LogP contribution is -2.67. The molecule has 0 spiro atoms. The first kappa shape index (κ1) is 17.2. The van der Waals surface area contributed by atoms with Gasteiger partial charge in [0, 0.05) is 37.3 Å². The van der Waals surface area contributed by atoms with Crippen LogP contribution < -0.4 is 5.73 Å². The molecule has 2 rings (SSSR count). The van der Waals surface area contributed by atoms with E-state index in [0.29, 0.717) is 6.04 Å². The van der Waals surface area contributed by atoms with Gasteiger partial charge < -0.3 is 5.73 Å². The molecule has 2 fully saturated rings. The average Bonchev–Trinajstić information content (AvgIpc) is 2.52. The highest BCUT2D eigenvalue weighted by Crippen LogP contribution is 2.34. The van der Waals surface area contributed by atoms with Crippen LogP contribution in [0.1, 0.15) is 66.2 Å². The molecular weight excluding hydrogens is 258 g/mol. The number of fused-ring (bicyclic) bond motifs is 1. The molecule has 2 heterocycles. The first-order chi connectivity index (χ1) is 10.1. The Hall–Kier alpha value is -0.120. The van der Waals surface area contributed by atoms with Gasteiger partial charge in [-0.25, -0.2) is 0 Å². The van der Waals surface area contributed by atoms with E-state index in [0.717, 1.165) is 18.5 Å². The molecule has 3 nitrogen and oxygen atoms in total. The molecule has 0 aromatic carbocycles. The zero-order chi connectivity index (χ0) is 15.5. The molecule has 0 bridgehead atoms. The van der Waals surface area contributed by atoms with Crippen molar-refractivity contribution < 1.29 is 0 Å². The molecule has 0 aromatic heterocycles. The Balaban J connectivity index is 2.14. The number of hydrogen-bond donors (Lipinski definition) is 1. The van der Waals surface area contributed by atoms with Gasteiger partial charge in [-0.1, -0.05) is 33.6 Å². The summed E-state index contributed by atoms with van der Waals surface area (Å²) >= 11 is 0. The maximum Gasteiger partial charge on any atom is 0.0335 e. The van der Waals surface area contributed by atoms with Crippen molar-refractivity contribution in [3.63, 3.8) is 0 Å². The SMILES string of the molecule is CCC(C)CC(CC)(CN)N1CC2CCCCN2CC1C. The first-order valence-corrected chi connectivity index (χ1v) is 9.27. The molecule has 2 N–H and O–H groups in total. The van der Waals surface area contributed by atoms with Crippen molar-refractivity contribution in [3.05, 3.63) is 0 Å². The van der Waals surface area contributed by atoms with Crippen LogP contribution in [-0.4, -0.2) is 53.6 Å². The Morgan fingerprint density at radius 2 is 2.00 bits per heavy atom. The minimum atomic E-state index is 0.221. The van der Waals surface area contributed by atoms with Crippen LogP contribution >= 0.6 is 0 Å². The van der Waals surface area contributed by atoms with Crippen molar-refractivity contribution >= 4 is 0 Å². The van der Waals surface area contributed by atoms with Crippen molar-refractivity contribution in [2.45, 2.75) is 83.8 Å². The van der Waals surface area contributed by atoms with Gasteiger partial charge in [-0.3, -0.25) is 9.80 Å². The number of piperazine rings is 1. The van der Waals surface area contributed by atoms with Gasteiger partial charge in [-0.15, -0.1) is 0 Å². The third-order valence-corrected chi connectivity index (χ3v) is 6.26. The van der Waals surface area contributed by atoms with Gasteiger partial charge in [0.15, 0.2) is 0 Å². The molecule has 0 radical (unpaired) electrons. The van der Waals surface area contributed by atoms with Gasteiger partial charge in [0.2, 0.25) is 0 Å². The first-order valence-electron chi connectivity index (χ1n) is 9.27. The van der Waals surface area contributed by atoms with E-state index in [4.69, 9.17) is 5.73 Å². The lowest BCUT2D eigenvalue weighted by atomic mass is 9.80. The van der Waals surface area contributed by atoms with Crippen molar-refractivity contribution in [3.8, 4) is 0 Å². The molecule has 21 heavy (non-hydrogen) atoms. The molecule has 0 saturated carbocycles. The molecule has 0 aromatic rings. The third kappa shape index (κ3) is 3.62. The topological polar surface area (TPSA) is 32.5 Å². The second-order valence-corrected chi connectivity index (χ2v) is 7.65. The normalized spacial score (nSPS) is 32.4. The quantitative estimate of drug-likeness (QED) is 0.817. The van der Waals surface area contributed by atoms with E-state index >= 15 is 0 Å². The lowest BCUT2D eigenvalue weighted by Gasteiger charge is -2.55. The van der Waals surface area contributed by atoms with E-state index in [1.54, 1.807) is 0 Å². The molecule has 0 amide bonds. The Morgan fingerprint density at radius 1 is 1.24 bits per heavy atom. The largest absolute Gasteiger partial charge is 0.329 e. The minimum absolute atomic E-state index is 0.221. The van der Waals surface area contributed by atoms with E-state index in [9.17, 15) is 0 Å². The van der Waals surface area contributed by atoms with Crippen LogP contribution in [0.2, 0.25) is 0 Å². The summed E-state index contributed by atoms with van der Waals surface area (Å²) in [6.45, 7) is 14.1. The van der Waals surface area contributed by atoms with E-state index in [1.807, 2.05) is 0 Å². The number of nitrogens with two attached hydrogens (primary N) is 1. The van der Waals surface area contributed by atoms with Gasteiger partial charge in [0.05, 0.1) is 0 Å². The highest BCUT2D eigenvalue weighted by molar-refractivity contribution is 5.00. The number of rotatable bonds is 6. The van der Waals surface area contributed by atoms with Gasteiger partial charge in [0.25, 0.3) is 0 Å². The van der Waals surface area contributed by atoms with Crippen LogP contribution in [-0.2, 0) is 0 Å². The number of nitrogens with zero attached hydrogens (tertiary/aromatic N) is 2. The predicted octanol–water partition coefficient (Wildman–Crippen LogP) is 3.09. The molecule has 124 valence electrons. The minimum Gasteiger partial charge on any atom is -0.329 e. The van der Waals surface area contributed by atoms with Crippen LogP contribution in [0.25, 0.3) is 0 Å². The Bertz CT molecular complexity index is 314. The molecule has 4 unspecified atom stereocenters. The predicted molar refractivity (Wildman–Crippen MR) is 91.5 cm³/mol. The van der Waals surface area contributed by atoms with Crippen LogP contribution in [0.3, 0.4) is 0 Å². The van der Waals surface area contributed by atoms with E-state index in [1.165, 1.54) is 58.2 Å². The Kier molecular flexibility index (Phi) is 6.10. The Morgan fingerprint density at radius 3 is 2.62 bits per heavy atom. The van der Waals surface area contributed by atoms with Gasteiger partial charge in [0.1, 0.15) is 0 Å². The van der Waals surface area contributed by atoms with E-state index in [2.05, 4.69) is 37.5 Å². The molecule has 2 aliphatic rings. The molecule has 2 aliphatic heterocycles. The van der Waals surface area contributed by atoms with Crippen LogP contribution in [0.5, 0.6) is 0 Å². The second-order valence-electron chi connectivity index (χ2n) is 7.65. The fourth-order valence-electron chi connectivity index (χ4n) is 4.62. The maximum atomic E-state index is 6.33. The summed E-state index contributed by atoms with van der Waals surface area (Å²) in [5.74, 6) is 0.769. The van der Waals surface area contributed by atoms with E-state index < -0.39 is 0 Å². The van der Waals surface area contributed by atoms with E-state index in [-0.39, 0.29) is 5.54 Å². The maximum absolute atomic E-state index is 6.33. The molecule has 3 heteroatoms. The number of piperidine rings is 1. The highest BCUT2D eigenvalue weighted by Gasteiger charge is 2.43. The van der Waals surface area contributed by atoms with Gasteiger partial charge in [-0.2, -0.15) is 0 Å².